The van der Waals surface area contributed by atoms with Crippen LogP contribution < -0.4 is 0 Å². The van der Waals surface area contributed by atoms with E-state index in [0.29, 0.717) is 0 Å². The van der Waals surface area contributed by atoms with Gasteiger partial charge in [-0.25, -0.2) is 0 Å². The first-order chi connectivity index (χ1) is 7.98. The number of alkyl halides is 1. The summed E-state index contributed by atoms with van der Waals surface area (Å²) in [7, 11) is -4.20. The Kier molecular flexibility index (Phi) is 3.38. The number of rotatable bonds is 3. The van der Waals surface area contributed by atoms with Crippen molar-refractivity contribution in [3.63, 3.8) is 0 Å². The summed E-state index contributed by atoms with van der Waals surface area (Å²) >= 11 is 5.65. The van der Waals surface area contributed by atoms with Gasteiger partial charge in [-0.15, -0.1) is 11.6 Å². The van der Waals surface area contributed by atoms with Crippen molar-refractivity contribution < 1.29 is 13.0 Å². The summed E-state index contributed by atoms with van der Waals surface area (Å²) < 4.78 is 29.3. The van der Waals surface area contributed by atoms with E-state index >= 15 is 0 Å². The highest BCUT2D eigenvalue weighted by molar-refractivity contribution is 7.87. The molecule has 2 aromatic rings. The van der Waals surface area contributed by atoms with Gasteiger partial charge >= 0.3 is 0 Å². The fourth-order valence-corrected chi connectivity index (χ4v) is 2.31. The molecule has 0 aromatic heterocycles. The predicted octanol–water partition coefficient (Wildman–Crippen LogP) is 2.84. The van der Waals surface area contributed by atoms with Gasteiger partial charge in [-0.2, -0.15) is 8.42 Å². The fourth-order valence-electron chi connectivity index (χ4n) is 1.75. The van der Waals surface area contributed by atoms with Crippen LogP contribution in [-0.4, -0.2) is 17.7 Å². The molecule has 2 rings (SSSR count). The van der Waals surface area contributed by atoms with Gasteiger partial charge in [0.2, 0.25) is 0 Å². The molecule has 0 aliphatic rings. The Bertz CT molecular complexity index is 632. The second kappa shape index (κ2) is 4.64. The molecule has 0 saturated heterocycles. The first-order valence-electron chi connectivity index (χ1n) is 5.05. The monoisotopic (exact) mass is 270 g/mol. The minimum Gasteiger partial charge on any atom is -0.284 e. The van der Waals surface area contributed by atoms with Gasteiger partial charge in [0.15, 0.2) is 4.71 Å². The Hall–Kier alpha value is -1.10. The summed E-state index contributed by atoms with van der Waals surface area (Å²) in [4.78, 5) is 0. The third-order valence-electron chi connectivity index (χ3n) is 2.58. The van der Waals surface area contributed by atoms with E-state index in [-0.39, 0.29) is 6.42 Å². The number of benzene rings is 2. The van der Waals surface area contributed by atoms with E-state index in [1.165, 1.54) is 0 Å². The lowest BCUT2D eigenvalue weighted by Gasteiger charge is -2.09. The molecule has 0 aliphatic heterocycles. The lowest BCUT2D eigenvalue weighted by Crippen LogP contribution is -2.16. The van der Waals surface area contributed by atoms with Gasteiger partial charge in [-0.05, 0) is 16.3 Å². The summed E-state index contributed by atoms with van der Waals surface area (Å²) in [5.74, 6) is 0. The van der Waals surface area contributed by atoms with Crippen LogP contribution in [0.4, 0.5) is 0 Å². The topological polar surface area (TPSA) is 54.4 Å². The Morgan fingerprint density at radius 1 is 1.12 bits per heavy atom. The van der Waals surface area contributed by atoms with E-state index in [4.69, 9.17) is 16.2 Å². The summed E-state index contributed by atoms with van der Waals surface area (Å²) in [6, 6.07) is 13.2. The summed E-state index contributed by atoms with van der Waals surface area (Å²) in [5.41, 5.74) is 0.806. The first-order valence-corrected chi connectivity index (χ1v) is 6.99. The third-order valence-corrected chi connectivity index (χ3v) is 4.23. The van der Waals surface area contributed by atoms with Gasteiger partial charge in [-0.3, -0.25) is 4.55 Å². The van der Waals surface area contributed by atoms with E-state index in [1.54, 1.807) is 0 Å². The van der Waals surface area contributed by atoms with Crippen LogP contribution in [-0.2, 0) is 16.5 Å². The summed E-state index contributed by atoms with van der Waals surface area (Å²) in [5, 5.41) is 1.97. The van der Waals surface area contributed by atoms with Crippen LogP contribution in [0.3, 0.4) is 0 Å². The number of fused-ring (bicyclic) bond motifs is 1. The van der Waals surface area contributed by atoms with Crippen molar-refractivity contribution in [2.75, 3.05) is 0 Å². The standard InChI is InChI=1S/C12H11ClO3S/c13-12(17(14,15)16)8-10-6-3-5-9-4-1-2-7-11(9)10/h1-7,12H,8H2,(H,14,15,16). The quantitative estimate of drug-likeness (QED) is 0.689. The Morgan fingerprint density at radius 3 is 2.47 bits per heavy atom. The van der Waals surface area contributed by atoms with Gasteiger partial charge in [0.05, 0.1) is 0 Å². The molecular formula is C12H11ClO3S. The fraction of sp³-hybridized carbons (Fsp3) is 0.167. The number of halogens is 1. The Balaban J connectivity index is 2.43. The maximum absolute atomic E-state index is 10.9. The molecule has 17 heavy (non-hydrogen) atoms. The molecule has 0 bridgehead atoms. The average Bonchev–Trinajstić information content (AvgIpc) is 2.28. The Morgan fingerprint density at radius 2 is 1.76 bits per heavy atom. The van der Waals surface area contributed by atoms with E-state index in [1.807, 2.05) is 42.5 Å². The minimum absolute atomic E-state index is 0.0851. The van der Waals surface area contributed by atoms with Crippen molar-refractivity contribution in [3.8, 4) is 0 Å². The smallest absolute Gasteiger partial charge is 0.282 e. The lowest BCUT2D eigenvalue weighted by atomic mass is 10.0. The van der Waals surface area contributed by atoms with Crippen molar-refractivity contribution in [2.45, 2.75) is 11.1 Å². The van der Waals surface area contributed by atoms with Crippen LogP contribution in [0.25, 0.3) is 10.8 Å². The maximum Gasteiger partial charge on any atom is 0.282 e. The van der Waals surface area contributed by atoms with Crippen molar-refractivity contribution >= 4 is 32.5 Å². The van der Waals surface area contributed by atoms with E-state index in [9.17, 15) is 8.42 Å². The van der Waals surface area contributed by atoms with Gasteiger partial charge in [-0.1, -0.05) is 42.5 Å². The van der Waals surface area contributed by atoms with Crippen molar-refractivity contribution in [3.05, 3.63) is 48.0 Å². The number of hydrogen-bond acceptors (Lipinski definition) is 2. The van der Waals surface area contributed by atoms with Crippen LogP contribution in [0.1, 0.15) is 5.56 Å². The average molecular weight is 271 g/mol. The molecule has 2 aromatic carbocycles. The predicted molar refractivity (Wildman–Crippen MR) is 68.8 cm³/mol. The zero-order chi connectivity index (χ0) is 12.5. The minimum atomic E-state index is -4.20. The van der Waals surface area contributed by atoms with Crippen LogP contribution >= 0.6 is 11.6 Å². The molecule has 0 radical (unpaired) electrons. The van der Waals surface area contributed by atoms with E-state index < -0.39 is 14.8 Å². The van der Waals surface area contributed by atoms with Crippen molar-refractivity contribution in [1.29, 1.82) is 0 Å². The van der Waals surface area contributed by atoms with Gasteiger partial charge in [0, 0.05) is 6.42 Å². The highest BCUT2D eigenvalue weighted by Gasteiger charge is 2.20. The second-order valence-electron chi connectivity index (χ2n) is 3.77. The summed E-state index contributed by atoms with van der Waals surface area (Å²) in [6.07, 6.45) is 0.0851. The molecule has 1 N–H and O–H groups in total. The lowest BCUT2D eigenvalue weighted by molar-refractivity contribution is 0.478. The molecule has 0 heterocycles. The number of hydrogen-bond donors (Lipinski definition) is 1. The molecule has 90 valence electrons. The van der Waals surface area contributed by atoms with Gasteiger partial charge in [0.1, 0.15) is 0 Å². The SMILES string of the molecule is O=S(=O)(O)C(Cl)Cc1cccc2ccccc12. The van der Waals surface area contributed by atoms with Crippen molar-refractivity contribution in [1.82, 2.24) is 0 Å². The molecule has 1 unspecified atom stereocenters. The largest absolute Gasteiger partial charge is 0.284 e. The maximum atomic E-state index is 10.9. The second-order valence-corrected chi connectivity index (χ2v) is 6.15. The molecule has 1 atom stereocenters. The van der Waals surface area contributed by atoms with Crippen LogP contribution in [0.5, 0.6) is 0 Å². The molecule has 3 nitrogen and oxygen atoms in total. The molecule has 0 saturated carbocycles. The Labute approximate surface area is 105 Å². The highest BCUT2D eigenvalue weighted by atomic mass is 35.5. The molecule has 0 amide bonds. The zero-order valence-electron chi connectivity index (χ0n) is 8.88. The van der Waals surface area contributed by atoms with Gasteiger partial charge < -0.3 is 0 Å². The molecule has 0 fully saturated rings. The van der Waals surface area contributed by atoms with Gasteiger partial charge in [0.25, 0.3) is 10.1 Å². The third kappa shape index (κ3) is 2.77. The molecule has 5 heteroatoms. The first kappa shape index (κ1) is 12.4. The molecular weight excluding hydrogens is 260 g/mol. The van der Waals surface area contributed by atoms with Crippen LogP contribution in [0.15, 0.2) is 42.5 Å². The van der Waals surface area contributed by atoms with Crippen LogP contribution in [0, 0.1) is 0 Å². The normalized spacial score (nSPS) is 13.8. The molecule has 0 aliphatic carbocycles. The van der Waals surface area contributed by atoms with E-state index in [0.717, 1.165) is 16.3 Å². The summed E-state index contributed by atoms with van der Waals surface area (Å²) in [6.45, 7) is 0. The van der Waals surface area contributed by atoms with Crippen LogP contribution in [0.2, 0.25) is 0 Å². The zero-order valence-corrected chi connectivity index (χ0v) is 10.4. The highest BCUT2D eigenvalue weighted by Crippen LogP contribution is 2.22. The van der Waals surface area contributed by atoms with E-state index in [2.05, 4.69) is 0 Å². The van der Waals surface area contributed by atoms with Crippen molar-refractivity contribution in [2.24, 2.45) is 0 Å². The molecule has 0 spiro atoms.